The molecule has 13 heavy (non-hydrogen) atoms. The van der Waals surface area contributed by atoms with Gasteiger partial charge in [-0.05, 0) is 11.6 Å². The number of aromatic nitrogens is 3. The van der Waals surface area contributed by atoms with Crippen LogP contribution in [0.3, 0.4) is 0 Å². The third kappa shape index (κ3) is 4.21. The van der Waals surface area contributed by atoms with Gasteiger partial charge in [0.15, 0.2) is 0 Å². The van der Waals surface area contributed by atoms with Crippen molar-refractivity contribution in [2.75, 3.05) is 26.9 Å². The van der Waals surface area contributed by atoms with E-state index >= 15 is 0 Å². The summed E-state index contributed by atoms with van der Waals surface area (Å²) in [4.78, 5) is 3.92. The topological polar surface area (TPSA) is 60.0 Å². The highest BCUT2D eigenvalue weighted by molar-refractivity contribution is 6.28. The second-order valence-electron chi connectivity index (χ2n) is 2.41. The molecule has 0 bridgehead atoms. The van der Waals surface area contributed by atoms with Gasteiger partial charge in [0.2, 0.25) is 5.28 Å². The van der Waals surface area contributed by atoms with Crippen LogP contribution in [0.1, 0.15) is 5.82 Å². The maximum atomic E-state index is 5.51. The molecule has 0 aliphatic rings. The lowest BCUT2D eigenvalue weighted by atomic mass is 10.4. The third-order valence-electron chi connectivity index (χ3n) is 1.42. The number of H-pyrrole nitrogens is 1. The lowest BCUT2D eigenvalue weighted by Gasteiger charge is -2.00. The van der Waals surface area contributed by atoms with Crippen molar-refractivity contribution in [2.24, 2.45) is 0 Å². The fourth-order valence-electron chi connectivity index (χ4n) is 0.797. The zero-order valence-electron chi connectivity index (χ0n) is 7.42. The lowest BCUT2D eigenvalue weighted by molar-refractivity contribution is 0.0716. The molecule has 1 aromatic rings. The molecule has 0 aliphatic heterocycles. The molecule has 0 amide bonds. The highest BCUT2D eigenvalue weighted by Gasteiger charge is 1.99. The lowest BCUT2D eigenvalue weighted by Crippen LogP contribution is -2.05. The molecular formula is C7H12ClN3O2. The van der Waals surface area contributed by atoms with Gasteiger partial charge in [-0.3, -0.25) is 5.10 Å². The van der Waals surface area contributed by atoms with Crippen LogP contribution in [-0.2, 0) is 15.9 Å². The Morgan fingerprint density at radius 2 is 2.23 bits per heavy atom. The van der Waals surface area contributed by atoms with Gasteiger partial charge in [0.05, 0.1) is 19.8 Å². The van der Waals surface area contributed by atoms with E-state index in [4.69, 9.17) is 21.1 Å². The number of nitrogens with zero attached hydrogens (tertiary/aromatic N) is 2. The fourth-order valence-corrected chi connectivity index (χ4v) is 0.941. The molecule has 74 valence electrons. The van der Waals surface area contributed by atoms with E-state index < -0.39 is 0 Å². The summed E-state index contributed by atoms with van der Waals surface area (Å²) in [7, 11) is 1.64. The van der Waals surface area contributed by atoms with Gasteiger partial charge in [-0.2, -0.15) is 0 Å². The van der Waals surface area contributed by atoms with Crippen LogP contribution >= 0.6 is 11.6 Å². The maximum Gasteiger partial charge on any atom is 0.242 e. The van der Waals surface area contributed by atoms with Crippen molar-refractivity contribution < 1.29 is 9.47 Å². The van der Waals surface area contributed by atoms with Gasteiger partial charge in [0, 0.05) is 13.5 Å². The minimum absolute atomic E-state index is 0.242. The Labute approximate surface area is 81.4 Å². The van der Waals surface area contributed by atoms with E-state index in [2.05, 4.69) is 15.2 Å². The van der Waals surface area contributed by atoms with Crippen LogP contribution in [0.2, 0.25) is 5.28 Å². The minimum atomic E-state index is 0.242. The molecule has 1 rings (SSSR count). The monoisotopic (exact) mass is 205 g/mol. The van der Waals surface area contributed by atoms with Crippen LogP contribution in [0.15, 0.2) is 0 Å². The smallest absolute Gasteiger partial charge is 0.242 e. The van der Waals surface area contributed by atoms with E-state index in [1.165, 1.54) is 0 Å². The van der Waals surface area contributed by atoms with E-state index in [0.717, 1.165) is 5.82 Å². The number of nitrogens with one attached hydrogen (secondary N) is 1. The van der Waals surface area contributed by atoms with E-state index in [-0.39, 0.29) is 5.28 Å². The van der Waals surface area contributed by atoms with Crippen molar-refractivity contribution in [3.05, 3.63) is 11.1 Å². The molecule has 1 heterocycles. The predicted octanol–water partition coefficient (Wildman–Crippen LogP) is 0.664. The molecular weight excluding hydrogens is 194 g/mol. The van der Waals surface area contributed by atoms with Crippen LogP contribution in [0, 0.1) is 0 Å². The minimum Gasteiger partial charge on any atom is -0.382 e. The standard InChI is InChI=1S/C7H12ClN3O2/c1-12-4-5-13-3-2-6-9-7(8)11-10-6/h2-5H2,1H3,(H,9,10,11). The second-order valence-corrected chi connectivity index (χ2v) is 2.74. The molecule has 0 atom stereocenters. The third-order valence-corrected chi connectivity index (χ3v) is 1.59. The fraction of sp³-hybridized carbons (Fsp3) is 0.714. The van der Waals surface area contributed by atoms with Crippen molar-refractivity contribution >= 4 is 11.6 Å². The Morgan fingerprint density at radius 3 is 2.85 bits per heavy atom. The predicted molar refractivity (Wildman–Crippen MR) is 47.8 cm³/mol. The first-order valence-corrected chi connectivity index (χ1v) is 4.34. The molecule has 6 heteroatoms. The zero-order chi connectivity index (χ0) is 9.52. The Kier molecular flexibility index (Phi) is 4.74. The summed E-state index contributed by atoms with van der Waals surface area (Å²) < 4.78 is 10.0. The summed E-state index contributed by atoms with van der Waals surface area (Å²) in [5.41, 5.74) is 0. The molecule has 1 aromatic heterocycles. The first-order chi connectivity index (χ1) is 6.33. The molecule has 1 N–H and O–H groups in total. The molecule has 0 aliphatic carbocycles. The number of ether oxygens (including phenoxy) is 2. The average Bonchev–Trinajstić information content (AvgIpc) is 2.51. The van der Waals surface area contributed by atoms with Gasteiger partial charge >= 0.3 is 0 Å². The highest BCUT2D eigenvalue weighted by atomic mass is 35.5. The van der Waals surface area contributed by atoms with Crippen molar-refractivity contribution in [3.63, 3.8) is 0 Å². The van der Waals surface area contributed by atoms with Crippen LogP contribution < -0.4 is 0 Å². The van der Waals surface area contributed by atoms with E-state index in [1.54, 1.807) is 7.11 Å². The van der Waals surface area contributed by atoms with Crippen LogP contribution in [-0.4, -0.2) is 42.1 Å². The van der Waals surface area contributed by atoms with Crippen molar-refractivity contribution in [1.82, 2.24) is 15.2 Å². The molecule has 0 spiro atoms. The highest BCUT2D eigenvalue weighted by Crippen LogP contribution is 1.99. The van der Waals surface area contributed by atoms with Crippen LogP contribution in [0.4, 0.5) is 0 Å². The van der Waals surface area contributed by atoms with Crippen LogP contribution in [0.5, 0.6) is 0 Å². The summed E-state index contributed by atoms with van der Waals surface area (Å²) in [5.74, 6) is 0.738. The summed E-state index contributed by atoms with van der Waals surface area (Å²) >= 11 is 5.51. The summed E-state index contributed by atoms with van der Waals surface area (Å²) in [6, 6.07) is 0. The van der Waals surface area contributed by atoms with Gasteiger partial charge in [0.25, 0.3) is 0 Å². The van der Waals surface area contributed by atoms with E-state index in [1.807, 2.05) is 0 Å². The van der Waals surface area contributed by atoms with Crippen LogP contribution in [0.25, 0.3) is 0 Å². The SMILES string of the molecule is COCCOCCc1nc(Cl)n[nH]1. The quantitative estimate of drug-likeness (QED) is 0.694. The maximum absolute atomic E-state index is 5.51. The molecule has 0 aromatic carbocycles. The van der Waals surface area contributed by atoms with Gasteiger partial charge in [-0.1, -0.05) is 0 Å². The van der Waals surface area contributed by atoms with E-state index in [9.17, 15) is 0 Å². The molecule has 5 nitrogen and oxygen atoms in total. The largest absolute Gasteiger partial charge is 0.382 e. The Hall–Kier alpha value is -0.650. The number of halogens is 1. The van der Waals surface area contributed by atoms with Gasteiger partial charge in [0.1, 0.15) is 5.82 Å². The number of hydrogen-bond acceptors (Lipinski definition) is 4. The van der Waals surface area contributed by atoms with Gasteiger partial charge < -0.3 is 9.47 Å². The first kappa shape index (κ1) is 10.4. The molecule has 0 fully saturated rings. The summed E-state index contributed by atoms with van der Waals surface area (Å²) in [6.07, 6.45) is 0.684. The van der Waals surface area contributed by atoms with Crippen molar-refractivity contribution in [1.29, 1.82) is 0 Å². The Bertz CT molecular complexity index is 241. The van der Waals surface area contributed by atoms with Gasteiger partial charge in [-0.25, -0.2) is 4.98 Å². The number of methoxy groups -OCH3 is 1. The summed E-state index contributed by atoms with van der Waals surface area (Å²) in [5, 5.41) is 6.62. The summed E-state index contributed by atoms with van der Waals surface area (Å²) in [6.45, 7) is 1.80. The Morgan fingerprint density at radius 1 is 1.38 bits per heavy atom. The average molecular weight is 206 g/mol. The zero-order valence-corrected chi connectivity index (χ0v) is 8.17. The number of aromatic amines is 1. The number of hydrogen-bond donors (Lipinski definition) is 1. The normalized spacial score (nSPS) is 10.6. The number of rotatable bonds is 6. The second kappa shape index (κ2) is 5.90. The van der Waals surface area contributed by atoms with Gasteiger partial charge in [-0.15, -0.1) is 5.10 Å². The molecule has 0 saturated heterocycles. The van der Waals surface area contributed by atoms with E-state index in [0.29, 0.717) is 26.2 Å². The van der Waals surface area contributed by atoms with Crippen molar-refractivity contribution in [3.8, 4) is 0 Å². The Balaban J connectivity index is 2.06. The molecule has 0 unspecified atom stereocenters. The first-order valence-electron chi connectivity index (χ1n) is 3.96. The molecule has 0 radical (unpaired) electrons. The molecule has 0 saturated carbocycles. The van der Waals surface area contributed by atoms with Crippen molar-refractivity contribution in [2.45, 2.75) is 6.42 Å².